The molecule has 6 heteroatoms. The topological polar surface area (TPSA) is 94.0 Å². The number of furan rings is 1. The molecule has 2 rings (SSSR count). The third-order valence-corrected chi connectivity index (χ3v) is 3.28. The minimum Gasteiger partial charge on any atom is -0.460 e. The first-order valence-corrected chi connectivity index (χ1v) is 7.59. The van der Waals surface area contributed by atoms with E-state index in [0.29, 0.717) is 18.0 Å². The number of hydrogen-bond donors (Lipinski definition) is 2. The van der Waals surface area contributed by atoms with Gasteiger partial charge in [-0.3, -0.25) is 4.79 Å². The van der Waals surface area contributed by atoms with Crippen molar-refractivity contribution in [1.82, 2.24) is 15.3 Å². The molecule has 0 saturated heterocycles. The van der Waals surface area contributed by atoms with E-state index in [4.69, 9.17) is 10.2 Å². The monoisotopic (exact) mass is 302 g/mol. The molecular weight excluding hydrogens is 280 g/mol. The number of nitrogens with two attached hydrogens (primary N) is 1. The van der Waals surface area contributed by atoms with Crippen molar-refractivity contribution in [2.45, 2.75) is 39.5 Å². The minimum absolute atomic E-state index is 0.0580. The van der Waals surface area contributed by atoms with Crippen molar-refractivity contribution in [2.24, 2.45) is 0 Å². The van der Waals surface area contributed by atoms with E-state index in [1.807, 2.05) is 13.0 Å². The van der Waals surface area contributed by atoms with E-state index in [1.54, 1.807) is 12.1 Å². The van der Waals surface area contributed by atoms with E-state index in [1.165, 1.54) is 12.8 Å². The number of carbonyl (C=O) groups is 1. The Bertz CT molecular complexity index is 637. The van der Waals surface area contributed by atoms with Crippen molar-refractivity contribution in [3.05, 3.63) is 29.7 Å². The first kappa shape index (κ1) is 16.0. The molecule has 0 unspecified atom stereocenters. The number of hydrogen-bond acceptors (Lipinski definition) is 5. The largest absolute Gasteiger partial charge is 0.460 e. The lowest BCUT2D eigenvalue weighted by Gasteiger charge is -2.06. The summed E-state index contributed by atoms with van der Waals surface area (Å²) in [7, 11) is 0. The van der Waals surface area contributed by atoms with Gasteiger partial charge in [0, 0.05) is 6.54 Å². The van der Waals surface area contributed by atoms with Crippen LogP contribution >= 0.6 is 0 Å². The molecule has 0 aliphatic rings. The van der Waals surface area contributed by atoms with Crippen LogP contribution in [0.5, 0.6) is 0 Å². The van der Waals surface area contributed by atoms with Gasteiger partial charge in [-0.1, -0.05) is 26.2 Å². The fourth-order valence-corrected chi connectivity index (χ4v) is 2.12. The van der Waals surface area contributed by atoms with Gasteiger partial charge in [0.25, 0.3) is 5.91 Å². The Morgan fingerprint density at radius 2 is 2.09 bits per heavy atom. The molecule has 0 spiro atoms. The summed E-state index contributed by atoms with van der Waals surface area (Å²) in [5.74, 6) is 1.16. The lowest BCUT2D eigenvalue weighted by molar-refractivity contribution is 0.0948. The number of rotatable bonds is 7. The Kier molecular flexibility index (Phi) is 5.52. The first-order valence-electron chi connectivity index (χ1n) is 7.59. The third-order valence-electron chi connectivity index (χ3n) is 3.28. The van der Waals surface area contributed by atoms with Crippen LogP contribution in [-0.4, -0.2) is 22.4 Å². The van der Waals surface area contributed by atoms with Gasteiger partial charge in [0.05, 0.1) is 0 Å². The number of nitrogen functional groups attached to an aromatic ring is 1. The summed E-state index contributed by atoms with van der Waals surface area (Å²) in [6.45, 7) is 4.63. The molecule has 2 aromatic heterocycles. The summed E-state index contributed by atoms with van der Waals surface area (Å²) in [5, 5.41) is 2.85. The molecule has 0 bridgehead atoms. The summed E-state index contributed by atoms with van der Waals surface area (Å²) in [5.41, 5.74) is 6.46. The maximum absolute atomic E-state index is 12.1. The predicted molar refractivity (Wildman–Crippen MR) is 85.4 cm³/mol. The van der Waals surface area contributed by atoms with E-state index >= 15 is 0 Å². The van der Waals surface area contributed by atoms with Gasteiger partial charge in [-0.25, -0.2) is 9.97 Å². The quantitative estimate of drug-likeness (QED) is 0.767. The average molecular weight is 302 g/mol. The van der Waals surface area contributed by atoms with E-state index in [2.05, 4.69) is 22.2 Å². The van der Waals surface area contributed by atoms with Crippen LogP contribution in [0.4, 0.5) is 5.95 Å². The van der Waals surface area contributed by atoms with Gasteiger partial charge < -0.3 is 15.5 Å². The number of aryl methyl sites for hydroxylation is 1. The second-order valence-corrected chi connectivity index (χ2v) is 5.22. The van der Waals surface area contributed by atoms with E-state index in [0.717, 1.165) is 18.6 Å². The molecular formula is C16H22N4O2. The Morgan fingerprint density at radius 1 is 1.27 bits per heavy atom. The van der Waals surface area contributed by atoms with E-state index in [9.17, 15) is 4.79 Å². The zero-order valence-corrected chi connectivity index (χ0v) is 13.1. The van der Waals surface area contributed by atoms with Crippen LogP contribution in [0.3, 0.4) is 0 Å². The van der Waals surface area contributed by atoms with Crippen LogP contribution in [0.15, 0.2) is 22.6 Å². The van der Waals surface area contributed by atoms with Gasteiger partial charge in [-0.2, -0.15) is 0 Å². The molecule has 0 saturated carbocycles. The van der Waals surface area contributed by atoms with Gasteiger partial charge in [0.1, 0.15) is 17.1 Å². The second-order valence-electron chi connectivity index (χ2n) is 5.22. The summed E-state index contributed by atoms with van der Waals surface area (Å²) in [4.78, 5) is 20.2. The fraction of sp³-hybridized carbons (Fsp3) is 0.438. The summed E-state index contributed by atoms with van der Waals surface area (Å²) >= 11 is 0. The molecule has 1 amide bonds. The highest BCUT2D eigenvalue weighted by Gasteiger charge is 2.13. The average Bonchev–Trinajstić information content (AvgIpc) is 2.93. The van der Waals surface area contributed by atoms with Gasteiger partial charge in [0.15, 0.2) is 5.76 Å². The number of anilines is 1. The molecule has 0 aliphatic carbocycles. The van der Waals surface area contributed by atoms with Crippen LogP contribution in [0, 0.1) is 6.92 Å². The molecule has 3 N–H and O–H groups in total. The molecule has 0 fully saturated rings. The molecule has 2 aromatic rings. The van der Waals surface area contributed by atoms with Crippen molar-refractivity contribution in [3.8, 4) is 11.5 Å². The Balaban J connectivity index is 2.04. The molecule has 2 heterocycles. The predicted octanol–water partition coefficient (Wildman–Crippen LogP) is 2.94. The molecule has 22 heavy (non-hydrogen) atoms. The van der Waals surface area contributed by atoms with Crippen LogP contribution in [-0.2, 0) is 0 Å². The van der Waals surface area contributed by atoms with Crippen LogP contribution in [0.1, 0.15) is 48.9 Å². The molecule has 118 valence electrons. The second kappa shape index (κ2) is 7.59. The number of nitrogens with one attached hydrogen (secondary N) is 1. The van der Waals surface area contributed by atoms with Gasteiger partial charge in [-0.15, -0.1) is 0 Å². The van der Waals surface area contributed by atoms with Crippen molar-refractivity contribution in [1.29, 1.82) is 0 Å². The van der Waals surface area contributed by atoms with Gasteiger partial charge in [-0.05, 0) is 31.5 Å². The van der Waals surface area contributed by atoms with Crippen molar-refractivity contribution >= 4 is 11.9 Å². The highest BCUT2D eigenvalue weighted by molar-refractivity contribution is 5.93. The van der Waals surface area contributed by atoms with Crippen LogP contribution in [0.25, 0.3) is 11.5 Å². The van der Waals surface area contributed by atoms with Crippen molar-refractivity contribution in [3.63, 3.8) is 0 Å². The molecule has 6 nitrogen and oxygen atoms in total. The summed E-state index contributed by atoms with van der Waals surface area (Å²) in [6, 6.07) is 5.22. The van der Waals surface area contributed by atoms with Crippen molar-refractivity contribution < 1.29 is 9.21 Å². The lowest BCUT2D eigenvalue weighted by Crippen LogP contribution is -2.25. The summed E-state index contributed by atoms with van der Waals surface area (Å²) < 4.78 is 5.51. The van der Waals surface area contributed by atoms with Gasteiger partial charge in [0.2, 0.25) is 5.95 Å². The minimum atomic E-state index is -0.241. The summed E-state index contributed by atoms with van der Waals surface area (Å²) in [6.07, 6.45) is 4.42. The number of aromatic nitrogens is 2. The van der Waals surface area contributed by atoms with Crippen molar-refractivity contribution in [2.75, 3.05) is 12.3 Å². The van der Waals surface area contributed by atoms with E-state index in [-0.39, 0.29) is 17.5 Å². The Hall–Kier alpha value is -2.37. The molecule has 0 aliphatic heterocycles. The maximum atomic E-state index is 12.1. The number of unbranched alkanes of at least 4 members (excludes halogenated alkanes) is 3. The highest BCUT2D eigenvalue weighted by Crippen LogP contribution is 2.21. The number of amides is 1. The zero-order chi connectivity index (χ0) is 15.9. The maximum Gasteiger partial charge on any atom is 0.270 e. The Morgan fingerprint density at radius 3 is 2.77 bits per heavy atom. The standard InChI is InChI=1S/C16H22N4O2/c1-3-4-5-6-9-18-15(21)13-10-12(19-16(17)20-13)14-8-7-11(2)22-14/h7-8,10H,3-6,9H2,1-2H3,(H,18,21)(H2,17,19,20). The smallest absolute Gasteiger partial charge is 0.270 e. The molecule has 0 aromatic carbocycles. The lowest BCUT2D eigenvalue weighted by atomic mass is 10.2. The van der Waals surface area contributed by atoms with E-state index < -0.39 is 0 Å². The SMILES string of the molecule is CCCCCCNC(=O)c1cc(-c2ccc(C)o2)nc(N)n1. The Labute approximate surface area is 130 Å². The van der Waals surface area contributed by atoms with Gasteiger partial charge >= 0.3 is 0 Å². The highest BCUT2D eigenvalue weighted by atomic mass is 16.3. The molecule has 0 atom stereocenters. The normalized spacial score (nSPS) is 10.6. The van der Waals surface area contributed by atoms with Crippen LogP contribution < -0.4 is 11.1 Å². The fourth-order valence-electron chi connectivity index (χ4n) is 2.12. The number of carbonyl (C=O) groups excluding carboxylic acids is 1. The molecule has 0 radical (unpaired) electrons. The third kappa shape index (κ3) is 4.31. The first-order chi connectivity index (χ1) is 10.6. The van der Waals surface area contributed by atoms with Crippen LogP contribution in [0.2, 0.25) is 0 Å². The zero-order valence-electron chi connectivity index (χ0n) is 13.1. The number of nitrogens with zero attached hydrogens (tertiary/aromatic N) is 2.